The molecule has 4 heteroatoms. The molecule has 0 aliphatic carbocycles. The van der Waals surface area contributed by atoms with Crippen LogP contribution in [0.15, 0.2) is 24.3 Å². The zero-order valence-electron chi connectivity index (χ0n) is 12.8. The first-order chi connectivity index (χ1) is 9.63. The topological polar surface area (TPSA) is 38.5 Å². The fraction of sp³-hybridized carbons (Fsp3) is 0.625. The van der Waals surface area contributed by atoms with E-state index in [1.54, 1.807) is 7.11 Å². The molecule has 1 aromatic rings. The molecule has 1 fully saturated rings. The van der Waals surface area contributed by atoms with Gasteiger partial charge in [0, 0.05) is 23.9 Å². The highest BCUT2D eigenvalue weighted by molar-refractivity contribution is 7.99. The number of likely N-dealkylation sites (N-methyl/N-ethyl adjacent to an activating group) is 1. The smallest absolute Gasteiger partial charge is 0.122 e. The molecule has 1 aliphatic rings. The molecule has 0 saturated carbocycles. The Balaban J connectivity index is 2.09. The lowest BCUT2D eigenvalue weighted by Gasteiger charge is -2.41. The van der Waals surface area contributed by atoms with Gasteiger partial charge in [-0.05, 0) is 44.2 Å². The molecule has 1 heterocycles. The minimum Gasteiger partial charge on any atom is -0.496 e. The lowest BCUT2D eigenvalue weighted by atomic mass is 9.93. The van der Waals surface area contributed by atoms with Crippen LogP contribution in [0.2, 0.25) is 0 Å². The highest BCUT2D eigenvalue weighted by Crippen LogP contribution is 2.34. The Kier molecular flexibility index (Phi) is 5.35. The van der Waals surface area contributed by atoms with Gasteiger partial charge in [-0.15, -0.1) is 0 Å². The first kappa shape index (κ1) is 15.7. The van der Waals surface area contributed by atoms with Gasteiger partial charge in [0.1, 0.15) is 5.75 Å². The van der Waals surface area contributed by atoms with Gasteiger partial charge in [-0.1, -0.05) is 18.2 Å². The zero-order valence-corrected chi connectivity index (χ0v) is 13.6. The molecule has 1 saturated heterocycles. The van der Waals surface area contributed by atoms with Crippen molar-refractivity contribution in [2.75, 3.05) is 32.2 Å². The van der Waals surface area contributed by atoms with Crippen molar-refractivity contribution in [2.45, 2.75) is 31.3 Å². The van der Waals surface area contributed by atoms with Crippen molar-refractivity contribution < 1.29 is 4.74 Å². The highest BCUT2D eigenvalue weighted by atomic mass is 32.2. The number of methoxy groups -OCH3 is 1. The van der Waals surface area contributed by atoms with Crippen LogP contribution in [0.4, 0.5) is 0 Å². The van der Waals surface area contributed by atoms with Gasteiger partial charge in [0.05, 0.1) is 7.11 Å². The first-order valence-corrected chi connectivity index (χ1v) is 8.41. The number of nitrogens with two attached hydrogens (primary N) is 1. The number of benzene rings is 1. The summed E-state index contributed by atoms with van der Waals surface area (Å²) in [6.45, 7) is 3.03. The quantitative estimate of drug-likeness (QED) is 0.874. The zero-order chi connectivity index (χ0) is 14.6. The SMILES string of the molecule is COc1ccccc1CC(C)N(C)C1(CN)CCSC1. The molecule has 0 radical (unpaired) electrons. The van der Waals surface area contributed by atoms with Crippen molar-refractivity contribution in [3.05, 3.63) is 29.8 Å². The molecule has 112 valence electrons. The van der Waals surface area contributed by atoms with Crippen LogP contribution >= 0.6 is 11.8 Å². The molecule has 1 aliphatic heterocycles. The van der Waals surface area contributed by atoms with Gasteiger partial charge in [-0.2, -0.15) is 11.8 Å². The summed E-state index contributed by atoms with van der Waals surface area (Å²) in [5.41, 5.74) is 7.52. The predicted molar refractivity (Wildman–Crippen MR) is 87.7 cm³/mol. The molecule has 2 unspecified atom stereocenters. The third-order valence-electron chi connectivity index (χ3n) is 4.58. The summed E-state index contributed by atoms with van der Waals surface area (Å²) in [5.74, 6) is 3.36. The van der Waals surface area contributed by atoms with Gasteiger partial charge < -0.3 is 10.5 Å². The molecule has 2 rings (SSSR count). The van der Waals surface area contributed by atoms with Gasteiger partial charge >= 0.3 is 0 Å². The summed E-state index contributed by atoms with van der Waals surface area (Å²) >= 11 is 2.02. The number of ether oxygens (including phenoxy) is 1. The third-order valence-corrected chi connectivity index (χ3v) is 5.81. The predicted octanol–water partition coefficient (Wildman–Crippen LogP) is 2.39. The molecule has 20 heavy (non-hydrogen) atoms. The Hall–Kier alpha value is -0.710. The van der Waals surface area contributed by atoms with Crippen LogP contribution < -0.4 is 10.5 Å². The van der Waals surface area contributed by atoms with Crippen LogP contribution in [0.3, 0.4) is 0 Å². The van der Waals surface area contributed by atoms with Gasteiger partial charge in [-0.25, -0.2) is 0 Å². The maximum atomic E-state index is 6.08. The average Bonchev–Trinajstić information content (AvgIpc) is 2.97. The lowest BCUT2D eigenvalue weighted by Crippen LogP contribution is -2.56. The van der Waals surface area contributed by atoms with E-state index in [1.807, 2.05) is 23.9 Å². The van der Waals surface area contributed by atoms with Crippen molar-refractivity contribution in [1.29, 1.82) is 0 Å². The fourth-order valence-electron chi connectivity index (χ4n) is 2.97. The molecular weight excluding hydrogens is 268 g/mol. The van der Waals surface area contributed by atoms with E-state index in [0.717, 1.165) is 24.5 Å². The number of para-hydroxylation sites is 1. The molecule has 0 amide bonds. The summed E-state index contributed by atoms with van der Waals surface area (Å²) in [6.07, 6.45) is 2.19. The van der Waals surface area contributed by atoms with E-state index in [2.05, 4.69) is 31.0 Å². The van der Waals surface area contributed by atoms with Crippen LogP contribution in [-0.4, -0.2) is 48.7 Å². The number of hydrogen-bond acceptors (Lipinski definition) is 4. The van der Waals surface area contributed by atoms with Gasteiger partial charge in [0.15, 0.2) is 0 Å². The Labute approximate surface area is 126 Å². The van der Waals surface area contributed by atoms with E-state index in [9.17, 15) is 0 Å². The van der Waals surface area contributed by atoms with E-state index in [-0.39, 0.29) is 5.54 Å². The monoisotopic (exact) mass is 294 g/mol. The second kappa shape index (κ2) is 6.83. The van der Waals surface area contributed by atoms with E-state index >= 15 is 0 Å². The number of nitrogens with zero attached hydrogens (tertiary/aromatic N) is 1. The Morgan fingerprint density at radius 3 is 2.80 bits per heavy atom. The molecule has 3 nitrogen and oxygen atoms in total. The molecular formula is C16H26N2OS. The van der Waals surface area contributed by atoms with Crippen LogP contribution in [0, 0.1) is 0 Å². The van der Waals surface area contributed by atoms with Gasteiger partial charge in [-0.3, -0.25) is 4.90 Å². The molecule has 2 N–H and O–H groups in total. The number of hydrogen-bond donors (Lipinski definition) is 1. The molecule has 0 bridgehead atoms. The normalized spacial score (nSPS) is 24.1. The Morgan fingerprint density at radius 1 is 1.45 bits per heavy atom. The summed E-state index contributed by atoms with van der Waals surface area (Å²) in [7, 11) is 3.96. The summed E-state index contributed by atoms with van der Waals surface area (Å²) < 4.78 is 5.46. The average molecular weight is 294 g/mol. The summed E-state index contributed by atoms with van der Waals surface area (Å²) in [6, 6.07) is 8.74. The van der Waals surface area contributed by atoms with E-state index in [4.69, 9.17) is 10.5 Å². The maximum Gasteiger partial charge on any atom is 0.122 e. The van der Waals surface area contributed by atoms with E-state index < -0.39 is 0 Å². The molecule has 1 aromatic carbocycles. The summed E-state index contributed by atoms with van der Waals surface area (Å²) in [4.78, 5) is 2.49. The number of thioether (sulfide) groups is 1. The Bertz CT molecular complexity index is 432. The largest absolute Gasteiger partial charge is 0.496 e. The van der Waals surface area contributed by atoms with Gasteiger partial charge in [0.2, 0.25) is 0 Å². The maximum absolute atomic E-state index is 6.08. The first-order valence-electron chi connectivity index (χ1n) is 7.25. The van der Waals surface area contributed by atoms with Crippen molar-refractivity contribution in [3.8, 4) is 5.75 Å². The standard InChI is InChI=1S/C16H26N2OS/c1-13(10-14-6-4-5-7-15(14)19-3)18(2)16(11-17)8-9-20-12-16/h4-7,13H,8-12,17H2,1-3H3. The minimum atomic E-state index is 0.173. The highest BCUT2D eigenvalue weighted by Gasteiger charge is 2.38. The molecule has 0 spiro atoms. The van der Waals surface area contributed by atoms with Crippen LogP contribution in [0.1, 0.15) is 18.9 Å². The molecule has 0 aromatic heterocycles. The molecule has 2 atom stereocenters. The van der Waals surface area contributed by atoms with E-state index in [1.165, 1.54) is 17.7 Å². The van der Waals surface area contributed by atoms with Crippen molar-refractivity contribution >= 4 is 11.8 Å². The fourth-order valence-corrected chi connectivity index (χ4v) is 4.49. The Morgan fingerprint density at radius 2 is 2.20 bits per heavy atom. The third kappa shape index (κ3) is 3.13. The van der Waals surface area contributed by atoms with Crippen LogP contribution in [-0.2, 0) is 6.42 Å². The minimum absolute atomic E-state index is 0.173. The van der Waals surface area contributed by atoms with Crippen molar-refractivity contribution in [3.63, 3.8) is 0 Å². The number of rotatable bonds is 6. The lowest BCUT2D eigenvalue weighted by molar-refractivity contribution is 0.106. The van der Waals surface area contributed by atoms with Crippen LogP contribution in [0.25, 0.3) is 0 Å². The van der Waals surface area contributed by atoms with Crippen LogP contribution in [0.5, 0.6) is 5.75 Å². The summed E-state index contributed by atoms with van der Waals surface area (Å²) in [5, 5.41) is 0. The van der Waals surface area contributed by atoms with E-state index in [0.29, 0.717) is 6.04 Å². The van der Waals surface area contributed by atoms with Crippen molar-refractivity contribution in [2.24, 2.45) is 5.73 Å². The second-order valence-electron chi connectivity index (χ2n) is 5.71. The second-order valence-corrected chi connectivity index (χ2v) is 6.81. The van der Waals surface area contributed by atoms with Crippen molar-refractivity contribution in [1.82, 2.24) is 4.90 Å². The van der Waals surface area contributed by atoms with Gasteiger partial charge in [0.25, 0.3) is 0 Å².